The van der Waals surface area contributed by atoms with Crippen molar-refractivity contribution in [2.45, 2.75) is 19.0 Å². The van der Waals surface area contributed by atoms with Crippen molar-refractivity contribution in [3.63, 3.8) is 0 Å². The van der Waals surface area contributed by atoms with Gasteiger partial charge >= 0.3 is 0 Å². The molecule has 1 aromatic heterocycles. The van der Waals surface area contributed by atoms with Crippen molar-refractivity contribution in [3.05, 3.63) is 53.1 Å². The molecule has 0 fully saturated rings. The van der Waals surface area contributed by atoms with Crippen molar-refractivity contribution in [3.8, 4) is 0 Å². The standard InChI is InChI=1S/C16H20ClFN4O/c1-21(2)15(12-4-6-14(18)7-5-12)16(23)19-8-3-9-22-11-13(17)10-20-22/h4-7,10-11,15H,3,8-9H2,1-2H3,(H,19,23)/t15-/m0/s1. The largest absolute Gasteiger partial charge is 0.354 e. The van der Waals surface area contributed by atoms with Crippen molar-refractivity contribution >= 4 is 17.5 Å². The topological polar surface area (TPSA) is 50.2 Å². The Morgan fingerprint density at radius 3 is 2.65 bits per heavy atom. The van der Waals surface area contributed by atoms with Gasteiger partial charge in [0.25, 0.3) is 0 Å². The molecule has 1 N–H and O–H groups in total. The predicted molar refractivity (Wildman–Crippen MR) is 87.7 cm³/mol. The molecule has 1 amide bonds. The number of halogens is 2. The van der Waals surface area contributed by atoms with Crippen LogP contribution in [0.5, 0.6) is 0 Å². The Morgan fingerprint density at radius 2 is 2.09 bits per heavy atom. The lowest BCUT2D eigenvalue weighted by Crippen LogP contribution is -2.37. The number of rotatable bonds is 7. The molecule has 23 heavy (non-hydrogen) atoms. The highest BCUT2D eigenvalue weighted by atomic mass is 35.5. The van der Waals surface area contributed by atoms with E-state index < -0.39 is 6.04 Å². The monoisotopic (exact) mass is 338 g/mol. The number of benzene rings is 1. The van der Waals surface area contributed by atoms with Gasteiger partial charge in [-0.25, -0.2) is 4.39 Å². The van der Waals surface area contributed by atoms with Crippen LogP contribution in [-0.2, 0) is 11.3 Å². The van der Waals surface area contributed by atoms with Crippen LogP contribution in [-0.4, -0.2) is 41.2 Å². The lowest BCUT2D eigenvalue weighted by Gasteiger charge is -2.23. The van der Waals surface area contributed by atoms with Crippen LogP contribution >= 0.6 is 11.6 Å². The van der Waals surface area contributed by atoms with E-state index in [4.69, 9.17) is 11.6 Å². The second-order valence-electron chi connectivity index (χ2n) is 5.48. The summed E-state index contributed by atoms with van der Waals surface area (Å²) in [5.41, 5.74) is 0.757. The normalized spacial score (nSPS) is 12.4. The fourth-order valence-corrected chi connectivity index (χ4v) is 2.50. The van der Waals surface area contributed by atoms with Gasteiger partial charge in [0.15, 0.2) is 0 Å². The van der Waals surface area contributed by atoms with Gasteiger partial charge in [-0.1, -0.05) is 23.7 Å². The third kappa shape index (κ3) is 5.04. The first-order valence-corrected chi connectivity index (χ1v) is 7.72. The molecule has 0 radical (unpaired) electrons. The molecule has 1 heterocycles. The second-order valence-corrected chi connectivity index (χ2v) is 5.92. The summed E-state index contributed by atoms with van der Waals surface area (Å²) in [7, 11) is 3.64. The first-order valence-electron chi connectivity index (χ1n) is 7.35. The minimum absolute atomic E-state index is 0.111. The Hall–Kier alpha value is -1.92. The maximum atomic E-state index is 13.0. The van der Waals surface area contributed by atoms with Crippen LogP contribution in [0, 0.1) is 5.82 Å². The van der Waals surface area contributed by atoms with Crippen molar-refractivity contribution < 1.29 is 9.18 Å². The van der Waals surface area contributed by atoms with E-state index in [2.05, 4.69) is 10.4 Å². The predicted octanol–water partition coefficient (Wildman–Crippen LogP) is 2.48. The number of nitrogens with zero attached hydrogens (tertiary/aromatic N) is 3. The second kappa shape index (κ2) is 8.08. The Balaban J connectivity index is 1.87. The molecule has 1 atom stereocenters. The van der Waals surface area contributed by atoms with Crippen LogP contribution in [0.1, 0.15) is 18.0 Å². The number of likely N-dealkylation sites (N-methyl/N-ethyl adjacent to an activating group) is 1. The Kier molecular flexibility index (Phi) is 6.12. The molecule has 0 unspecified atom stereocenters. The van der Waals surface area contributed by atoms with Crippen molar-refractivity contribution in [2.75, 3.05) is 20.6 Å². The summed E-state index contributed by atoms with van der Waals surface area (Å²) < 4.78 is 14.8. The summed E-state index contributed by atoms with van der Waals surface area (Å²) in [4.78, 5) is 14.2. The Labute approximate surface area is 140 Å². The zero-order chi connectivity index (χ0) is 16.8. The molecule has 0 aliphatic rings. The molecule has 5 nitrogen and oxygen atoms in total. The summed E-state index contributed by atoms with van der Waals surface area (Å²) in [5, 5.41) is 7.58. The summed E-state index contributed by atoms with van der Waals surface area (Å²) in [6.07, 6.45) is 4.06. The maximum absolute atomic E-state index is 13.0. The molecular weight excluding hydrogens is 319 g/mol. The smallest absolute Gasteiger partial charge is 0.241 e. The van der Waals surface area contributed by atoms with Crippen LogP contribution in [0.2, 0.25) is 5.02 Å². The minimum atomic E-state index is -0.449. The van der Waals surface area contributed by atoms with Crippen molar-refractivity contribution in [1.82, 2.24) is 20.0 Å². The van der Waals surface area contributed by atoms with Gasteiger partial charge in [0.05, 0.1) is 11.2 Å². The average Bonchev–Trinajstić information content (AvgIpc) is 2.91. The number of amides is 1. The SMILES string of the molecule is CN(C)[C@H](C(=O)NCCCn1cc(Cl)cn1)c1ccc(F)cc1. The van der Waals surface area contributed by atoms with Crippen LogP contribution in [0.15, 0.2) is 36.7 Å². The van der Waals surface area contributed by atoms with Crippen LogP contribution < -0.4 is 5.32 Å². The quantitative estimate of drug-likeness (QED) is 0.789. The molecule has 0 aliphatic carbocycles. The van der Waals surface area contributed by atoms with Gasteiger partial charge in [0.1, 0.15) is 11.9 Å². The zero-order valence-electron chi connectivity index (χ0n) is 13.2. The lowest BCUT2D eigenvalue weighted by molar-refractivity contribution is -0.125. The number of aromatic nitrogens is 2. The number of aryl methyl sites for hydroxylation is 1. The van der Waals surface area contributed by atoms with E-state index in [0.29, 0.717) is 18.1 Å². The number of nitrogens with one attached hydrogen (secondary N) is 1. The van der Waals surface area contributed by atoms with E-state index in [9.17, 15) is 9.18 Å². The minimum Gasteiger partial charge on any atom is -0.354 e. The summed E-state index contributed by atoms with van der Waals surface area (Å²) in [5.74, 6) is -0.426. The van der Waals surface area contributed by atoms with E-state index >= 15 is 0 Å². The van der Waals surface area contributed by atoms with Crippen LogP contribution in [0.3, 0.4) is 0 Å². The first kappa shape index (κ1) is 17.4. The molecule has 0 aliphatic heterocycles. The highest BCUT2D eigenvalue weighted by molar-refractivity contribution is 6.30. The maximum Gasteiger partial charge on any atom is 0.241 e. The van der Waals surface area contributed by atoms with Crippen LogP contribution in [0.25, 0.3) is 0 Å². The van der Waals surface area contributed by atoms with Gasteiger partial charge < -0.3 is 5.32 Å². The van der Waals surface area contributed by atoms with Gasteiger partial charge in [0, 0.05) is 19.3 Å². The van der Waals surface area contributed by atoms with Crippen molar-refractivity contribution in [1.29, 1.82) is 0 Å². The van der Waals surface area contributed by atoms with Gasteiger partial charge in [-0.05, 0) is 38.2 Å². The fraction of sp³-hybridized carbons (Fsp3) is 0.375. The molecule has 7 heteroatoms. The van der Waals surface area contributed by atoms with E-state index in [1.54, 1.807) is 34.1 Å². The molecule has 0 bridgehead atoms. The molecule has 0 saturated carbocycles. The highest BCUT2D eigenvalue weighted by Crippen LogP contribution is 2.18. The van der Waals surface area contributed by atoms with E-state index in [1.807, 2.05) is 14.1 Å². The third-order valence-electron chi connectivity index (χ3n) is 3.42. The van der Waals surface area contributed by atoms with E-state index in [-0.39, 0.29) is 11.7 Å². The third-order valence-corrected chi connectivity index (χ3v) is 3.61. The van der Waals surface area contributed by atoms with Gasteiger partial charge in [-0.15, -0.1) is 0 Å². The van der Waals surface area contributed by atoms with Gasteiger partial charge in [0.2, 0.25) is 5.91 Å². The van der Waals surface area contributed by atoms with E-state index in [1.165, 1.54) is 12.1 Å². The number of carbonyl (C=O) groups excluding carboxylic acids is 1. The van der Waals surface area contributed by atoms with Gasteiger partial charge in [-0.2, -0.15) is 5.10 Å². The molecular formula is C16H20ClFN4O. The molecule has 2 rings (SSSR count). The fourth-order valence-electron chi connectivity index (χ4n) is 2.34. The molecule has 1 aromatic carbocycles. The zero-order valence-corrected chi connectivity index (χ0v) is 13.9. The number of hydrogen-bond donors (Lipinski definition) is 1. The molecule has 2 aromatic rings. The number of carbonyl (C=O) groups is 1. The highest BCUT2D eigenvalue weighted by Gasteiger charge is 2.22. The first-order chi connectivity index (χ1) is 11.0. The van der Waals surface area contributed by atoms with Gasteiger partial charge in [-0.3, -0.25) is 14.4 Å². The number of hydrogen-bond acceptors (Lipinski definition) is 3. The average molecular weight is 339 g/mol. The summed E-state index contributed by atoms with van der Waals surface area (Å²) >= 11 is 5.79. The lowest BCUT2D eigenvalue weighted by atomic mass is 10.1. The summed E-state index contributed by atoms with van der Waals surface area (Å²) in [6.45, 7) is 1.21. The van der Waals surface area contributed by atoms with E-state index in [0.717, 1.165) is 12.0 Å². The molecule has 124 valence electrons. The van der Waals surface area contributed by atoms with Crippen molar-refractivity contribution in [2.24, 2.45) is 0 Å². The molecule has 0 saturated heterocycles. The van der Waals surface area contributed by atoms with Crippen LogP contribution in [0.4, 0.5) is 4.39 Å². The molecule has 0 spiro atoms. The summed E-state index contributed by atoms with van der Waals surface area (Å²) in [6, 6.07) is 5.53. The Morgan fingerprint density at radius 1 is 1.39 bits per heavy atom. The Bertz CT molecular complexity index is 642.